The molecule has 0 bridgehead atoms. The second kappa shape index (κ2) is 6.58. The number of imidazole rings is 1. The number of hydrogen-bond acceptors (Lipinski definition) is 4. The first-order valence-corrected chi connectivity index (χ1v) is 8.40. The van der Waals surface area contributed by atoms with Crippen LogP contribution in [-0.2, 0) is 13.6 Å². The van der Waals surface area contributed by atoms with Gasteiger partial charge in [-0.05, 0) is 18.9 Å². The molecule has 1 N–H and O–H groups in total. The molecule has 0 radical (unpaired) electrons. The number of aromatic amines is 1. The van der Waals surface area contributed by atoms with Gasteiger partial charge in [0.25, 0.3) is 5.56 Å². The molecular weight excluding hydrogens is 318 g/mol. The molecule has 25 heavy (non-hydrogen) atoms. The van der Waals surface area contributed by atoms with E-state index in [1.807, 2.05) is 41.6 Å². The molecule has 0 spiro atoms. The summed E-state index contributed by atoms with van der Waals surface area (Å²) < 4.78 is 3.31. The summed E-state index contributed by atoms with van der Waals surface area (Å²) in [6, 6.07) is 10.2. The van der Waals surface area contributed by atoms with Crippen LogP contribution in [0.1, 0.15) is 31.9 Å². The van der Waals surface area contributed by atoms with Crippen molar-refractivity contribution in [2.45, 2.75) is 32.9 Å². The summed E-state index contributed by atoms with van der Waals surface area (Å²) in [5.41, 5.74) is 1.14. The van der Waals surface area contributed by atoms with Crippen LogP contribution in [0.3, 0.4) is 0 Å². The highest BCUT2D eigenvalue weighted by atomic mass is 16.2. The van der Waals surface area contributed by atoms with E-state index in [2.05, 4.69) is 29.0 Å². The third-order valence-corrected chi connectivity index (χ3v) is 4.57. The summed E-state index contributed by atoms with van der Waals surface area (Å²) in [4.78, 5) is 33.4. The summed E-state index contributed by atoms with van der Waals surface area (Å²) in [5, 5.41) is 0. The van der Waals surface area contributed by atoms with Crippen molar-refractivity contribution < 1.29 is 0 Å². The molecule has 0 aliphatic heterocycles. The van der Waals surface area contributed by atoms with Crippen LogP contribution in [0.25, 0.3) is 11.2 Å². The van der Waals surface area contributed by atoms with Gasteiger partial charge in [0, 0.05) is 26.7 Å². The highest BCUT2D eigenvalue weighted by Crippen LogP contribution is 2.26. The molecule has 3 rings (SSSR count). The lowest BCUT2D eigenvalue weighted by Gasteiger charge is -2.22. The van der Waals surface area contributed by atoms with Crippen molar-refractivity contribution >= 4 is 17.1 Å². The van der Waals surface area contributed by atoms with E-state index in [-0.39, 0.29) is 6.04 Å². The number of hydrogen-bond donors (Lipinski definition) is 1. The minimum Gasteiger partial charge on any atom is -0.341 e. The molecule has 2 heterocycles. The Balaban J connectivity index is 2.20. The minimum absolute atomic E-state index is 0.0804. The van der Waals surface area contributed by atoms with E-state index in [0.717, 1.165) is 12.0 Å². The Hall–Kier alpha value is -2.83. The Morgan fingerprint density at radius 3 is 2.56 bits per heavy atom. The van der Waals surface area contributed by atoms with Gasteiger partial charge in [-0.25, -0.2) is 4.79 Å². The van der Waals surface area contributed by atoms with Crippen molar-refractivity contribution in [2.24, 2.45) is 7.05 Å². The lowest BCUT2D eigenvalue weighted by atomic mass is 10.2. The maximum Gasteiger partial charge on any atom is 0.329 e. The summed E-state index contributed by atoms with van der Waals surface area (Å²) in [6.45, 7) is 4.77. The molecule has 0 unspecified atom stereocenters. The third kappa shape index (κ3) is 2.97. The molecule has 7 heteroatoms. The van der Waals surface area contributed by atoms with Crippen molar-refractivity contribution in [3.63, 3.8) is 0 Å². The van der Waals surface area contributed by atoms with Crippen LogP contribution in [0.2, 0.25) is 0 Å². The van der Waals surface area contributed by atoms with Gasteiger partial charge in [-0.2, -0.15) is 4.98 Å². The monoisotopic (exact) mass is 341 g/mol. The van der Waals surface area contributed by atoms with E-state index in [4.69, 9.17) is 0 Å². The topological polar surface area (TPSA) is 75.9 Å². The van der Waals surface area contributed by atoms with Crippen LogP contribution in [0, 0.1) is 0 Å². The molecule has 0 amide bonds. The smallest absolute Gasteiger partial charge is 0.329 e. The molecule has 7 nitrogen and oxygen atoms in total. The van der Waals surface area contributed by atoms with Crippen LogP contribution in [0.5, 0.6) is 0 Å². The van der Waals surface area contributed by atoms with E-state index in [0.29, 0.717) is 23.7 Å². The normalized spacial score (nSPS) is 12.5. The van der Waals surface area contributed by atoms with Gasteiger partial charge in [0.2, 0.25) is 5.95 Å². The number of aromatic nitrogens is 4. The molecule has 1 atom stereocenters. The van der Waals surface area contributed by atoms with E-state index >= 15 is 0 Å². The fraction of sp³-hybridized carbons (Fsp3) is 0.389. The SMILES string of the molecule is CC[C@H](C)n1c(N(C)Cc2ccccc2)nc2c1c(=O)[nH]c(=O)n2C. The van der Waals surface area contributed by atoms with Gasteiger partial charge >= 0.3 is 5.69 Å². The zero-order valence-electron chi connectivity index (χ0n) is 15.0. The zero-order valence-corrected chi connectivity index (χ0v) is 15.0. The number of nitrogens with zero attached hydrogens (tertiary/aromatic N) is 4. The number of anilines is 1. The number of nitrogens with one attached hydrogen (secondary N) is 1. The molecule has 3 aromatic rings. The van der Waals surface area contributed by atoms with Crippen molar-refractivity contribution in [1.29, 1.82) is 0 Å². The fourth-order valence-corrected chi connectivity index (χ4v) is 2.99. The number of aryl methyl sites for hydroxylation is 1. The predicted octanol–water partition coefficient (Wildman–Crippen LogP) is 2.03. The second-order valence-corrected chi connectivity index (χ2v) is 6.37. The molecule has 0 fully saturated rings. The molecule has 2 aromatic heterocycles. The van der Waals surface area contributed by atoms with Crippen LogP contribution in [0.4, 0.5) is 5.95 Å². The fourth-order valence-electron chi connectivity index (χ4n) is 2.99. The predicted molar refractivity (Wildman–Crippen MR) is 99.1 cm³/mol. The zero-order chi connectivity index (χ0) is 18.1. The quantitative estimate of drug-likeness (QED) is 0.770. The van der Waals surface area contributed by atoms with E-state index < -0.39 is 11.2 Å². The van der Waals surface area contributed by atoms with Crippen molar-refractivity contribution in [3.8, 4) is 0 Å². The lowest BCUT2D eigenvalue weighted by molar-refractivity contribution is 0.539. The molecule has 1 aromatic carbocycles. The van der Waals surface area contributed by atoms with Crippen LogP contribution >= 0.6 is 0 Å². The van der Waals surface area contributed by atoms with Crippen molar-refractivity contribution in [3.05, 3.63) is 56.7 Å². The third-order valence-electron chi connectivity index (χ3n) is 4.57. The summed E-state index contributed by atoms with van der Waals surface area (Å²) in [6.07, 6.45) is 0.847. The first kappa shape index (κ1) is 17.0. The number of rotatable bonds is 5. The number of H-pyrrole nitrogens is 1. The largest absolute Gasteiger partial charge is 0.341 e. The van der Waals surface area contributed by atoms with Gasteiger partial charge in [0.15, 0.2) is 11.2 Å². The Bertz CT molecular complexity index is 1000. The van der Waals surface area contributed by atoms with Gasteiger partial charge in [-0.3, -0.25) is 14.3 Å². The minimum atomic E-state index is -0.455. The number of fused-ring (bicyclic) bond motifs is 1. The van der Waals surface area contributed by atoms with Crippen LogP contribution in [-0.4, -0.2) is 26.1 Å². The molecular formula is C18H23N5O2. The standard InChI is InChI=1S/C18H23N5O2/c1-5-12(2)23-14-15(22(4)18(25)20-16(14)24)19-17(23)21(3)11-13-9-7-6-8-10-13/h6-10,12H,5,11H2,1-4H3,(H,20,24,25)/t12-/m0/s1. The maximum atomic E-state index is 12.4. The van der Waals surface area contributed by atoms with Gasteiger partial charge in [0.05, 0.1) is 0 Å². The highest BCUT2D eigenvalue weighted by molar-refractivity contribution is 5.74. The van der Waals surface area contributed by atoms with E-state index in [9.17, 15) is 9.59 Å². The molecule has 132 valence electrons. The Morgan fingerprint density at radius 1 is 1.24 bits per heavy atom. The van der Waals surface area contributed by atoms with E-state index in [1.54, 1.807) is 7.05 Å². The summed E-state index contributed by atoms with van der Waals surface area (Å²) >= 11 is 0. The molecule has 0 saturated heterocycles. The van der Waals surface area contributed by atoms with Crippen molar-refractivity contribution in [1.82, 2.24) is 19.1 Å². The van der Waals surface area contributed by atoms with Crippen LogP contribution in [0.15, 0.2) is 39.9 Å². The Labute approximate surface area is 145 Å². The first-order chi connectivity index (χ1) is 11.9. The van der Waals surface area contributed by atoms with Gasteiger partial charge in [0.1, 0.15) is 0 Å². The van der Waals surface area contributed by atoms with Gasteiger partial charge in [-0.1, -0.05) is 37.3 Å². The van der Waals surface area contributed by atoms with Gasteiger partial charge < -0.3 is 9.47 Å². The first-order valence-electron chi connectivity index (χ1n) is 8.40. The lowest BCUT2D eigenvalue weighted by Crippen LogP contribution is -2.29. The second-order valence-electron chi connectivity index (χ2n) is 6.37. The van der Waals surface area contributed by atoms with Crippen LogP contribution < -0.4 is 16.1 Å². The summed E-state index contributed by atoms with van der Waals surface area (Å²) in [7, 11) is 3.56. The molecule has 0 aliphatic rings. The maximum absolute atomic E-state index is 12.4. The van der Waals surface area contributed by atoms with E-state index in [1.165, 1.54) is 4.57 Å². The Kier molecular flexibility index (Phi) is 4.48. The van der Waals surface area contributed by atoms with Gasteiger partial charge in [-0.15, -0.1) is 0 Å². The average molecular weight is 341 g/mol. The average Bonchev–Trinajstić information content (AvgIpc) is 3.01. The number of benzene rings is 1. The molecule has 0 aliphatic carbocycles. The van der Waals surface area contributed by atoms with Crippen molar-refractivity contribution in [2.75, 3.05) is 11.9 Å². The summed E-state index contributed by atoms with van der Waals surface area (Å²) in [5.74, 6) is 0.680. The molecule has 0 saturated carbocycles. The Morgan fingerprint density at radius 2 is 1.92 bits per heavy atom. The highest BCUT2D eigenvalue weighted by Gasteiger charge is 2.22.